The van der Waals surface area contributed by atoms with Crippen LogP contribution in [0, 0.1) is 3.57 Å². The molecule has 0 saturated heterocycles. The van der Waals surface area contributed by atoms with Crippen LogP contribution >= 0.6 is 45.5 Å². The van der Waals surface area contributed by atoms with E-state index in [0.717, 1.165) is 8.59 Å². The fraction of sp³-hybridized carbons (Fsp3) is 0. The summed E-state index contributed by atoms with van der Waals surface area (Å²) in [6.07, 6.45) is 0. The van der Waals surface area contributed by atoms with Gasteiger partial charge in [0.15, 0.2) is 0 Å². The van der Waals surface area contributed by atoms with Crippen LogP contribution in [-0.2, 0) is 0 Å². The molecular formula is C4H2ClIS. The Bertz CT molecular complexity index is 144. The fourth-order valence-corrected chi connectivity index (χ4v) is 1.91. The number of hydrogen-bond donors (Lipinski definition) is 0. The van der Waals surface area contributed by atoms with Gasteiger partial charge in [0.1, 0.15) is 0 Å². The molecule has 0 amide bonds. The minimum absolute atomic E-state index is 0.866. The molecule has 0 aliphatic carbocycles. The first-order valence-electron chi connectivity index (χ1n) is 1.68. The smallest absolute Gasteiger partial charge is 0.0646 e. The largest absolute Gasteiger partial charge is 0.150 e. The summed E-state index contributed by atoms with van der Waals surface area (Å²) in [4.78, 5) is 0. The van der Waals surface area contributed by atoms with E-state index in [1.54, 1.807) is 11.3 Å². The summed E-state index contributed by atoms with van der Waals surface area (Å²) in [6.45, 7) is 0. The third-order valence-corrected chi connectivity index (χ3v) is 3.39. The molecule has 0 nitrogen and oxygen atoms in total. The van der Waals surface area contributed by atoms with Gasteiger partial charge in [0.05, 0.1) is 5.02 Å². The zero-order valence-electron chi connectivity index (χ0n) is 3.32. The Hall–Kier alpha value is 0.720. The Labute approximate surface area is 64.6 Å². The highest BCUT2D eigenvalue weighted by Gasteiger charge is 1.91. The van der Waals surface area contributed by atoms with Crippen LogP contribution in [-0.4, -0.2) is 0 Å². The van der Waals surface area contributed by atoms with Gasteiger partial charge in [-0.3, -0.25) is 0 Å². The lowest BCUT2D eigenvalue weighted by Gasteiger charge is -1.74. The molecule has 0 radical (unpaired) electrons. The van der Waals surface area contributed by atoms with Crippen molar-refractivity contribution >= 4 is 45.5 Å². The van der Waals surface area contributed by atoms with Gasteiger partial charge in [0.25, 0.3) is 0 Å². The van der Waals surface area contributed by atoms with E-state index in [1.807, 2.05) is 10.8 Å². The third-order valence-electron chi connectivity index (χ3n) is 0.571. The third kappa shape index (κ3) is 1.30. The summed E-state index contributed by atoms with van der Waals surface area (Å²) < 4.78 is 1.14. The van der Waals surface area contributed by atoms with E-state index in [-0.39, 0.29) is 0 Å². The molecule has 1 rings (SSSR count). The molecule has 3 heteroatoms. The van der Waals surface area contributed by atoms with Crippen LogP contribution in [0.15, 0.2) is 10.8 Å². The molecule has 1 aromatic rings. The highest BCUT2D eigenvalue weighted by Crippen LogP contribution is 2.21. The predicted octanol–water partition coefficient (Wildman–Crippen LogP) is 3.01. The van der Waals surface area contributed by atoms with Gasteiger partial charge in [-0.1, -0.05) is 11.6 Å². The van der Waals surface area contributed by atoms with Gasteiger partial charge >= 0.3 is 0 Å². The zero-order valence-corrected chi connectivity index (χ0v) is 7.05. The zero-order chi connectivity index (χ0) is 5.28. The molecular weight excluding hydrogens is 242 g/mol. The van der Waals surface area contributed by atoms with Crippen molar-refractivity contribution in [3.05, 3.63) is 19.4 Å². The van der Waals surface area contributed by atoms with E-state index >= 15 is 0 Å². The molecule has 0 saturated carbocycles. The van der Waals surface area contributed by atoms with E-state index in [1.165, 1.54) is 0 Å². The van der Waals surface area contributed by atoms with Gasteiger partial charge in [-0.15, -0.1) is 11.3 Å². The number of rotatable bonds is 0. The highest BCUT2D eigenvalue weighted by atomic mass is 127. The van der Waals surface area contributed by atoms with Crippen molar-refractivity contribution in [2.24, 2.45) is 0 Å². The molecule has 38 valence electrons. The molecule has 0 spiro atoms. The summed E-state index contributed by atoms with van der Waals surface area (Å²) in [7, 11) is 0. The summed E-state index contributed by atoms with van der Waals surface area (Å²) in [6, 6.07) is 0. The second-order valence-corrected chi connectivity index (χ2v) is 3.38. The van der Waals surface area contributed by atoms with E-state index in [2.05, 4.69) is 22.6 Å². The van der Waals surface area contributed by atoms with Crippen molar-refractivity contribution < 1.29 is 0 Å². The Balaban J connectivity index is 3.12. The van der Waals surface area contributed by atoms with Crippen LogP contribution in [0.3, 0.4) is 0 Å². The van der Waals surface area contributed by atoms with Gasteiger partial charge in [-0.2, -0.15) is 0 Å². The fourth-order valence-electron chi connectivity index (χ4n) is 0.266. The molecule has 0 aliphatic rings. The number of halogens is 2. The summed E-state index contributed by atoms with van der Waals surface area (Å²) >= 11 is 9.45. The van der Waals surface area contributed by atoms with Crippen molar-refractivity contribution in [3.8, 4) is 0 Å². The lowest BCUT2D eigenvalue weighted by molar-refractivity contribution is 1.88. The molecule has 0 N–H and O–H groups in total. The molecule has 0 aliphatic heterocycles. The molecule has 0 unspecified atom stereocenters. The Morgan fingerprint density at radius 1 is 1.57 bits per heavy atom. The molecule has 0 fully saturated rings. The first kappa shape index (κ1) is 5.85. The van der Waals surface area contributed by atoms with Crippen molar-refractivity contribution in [1.82, 2.24) is 0 Å². The molecule has 7 heavy (non-hydrogen) atoms. The average Bonchev–Trinajstić information content (AvgIpc) is 1.91. The molecule has 0 atom stereocenters. The van der Waals surface area contributed by atoms with E-state index in [0.29, 0.717) is 0 Å². The first-order chi connectivity index (χ1) is 3.30. The van der Waals surface area contributed by atoms with Crippen LogP contribution < -0.4 is 0 Å². The van der Waals surface area contributed by atoms with Gasteiger partial charge in [-0.25, -0.2) is 0 Å². The van der Waals surface area contributed by atoms with Crippen molar-refractivity contribution in [1.29, 1.82) is 0 Å². The lowest BCUT2D eigenvalue weighted by Crippen LogP contribution is -1.53. The lowest BCUT2D eigenvalue weighted by atomic mass is 10.7. The molecule has 0 aromatic carbocycles. The maximum atomic E-state index is 5.63. The predicted molar refractivity (Wildman–Crippen MR) is 42.0 cm³/mol. The molecule has 0 bridgehead atoms. The monoisotopic (exact) mass is 244 g/mol. The van der Waals surface area contributed by atoms with Crippen LogP contribution in [0.5, 0.6) is 0 Å². The minimum Gasteiger partial charge on any atom is -0.150 e. The molecule has 1 heterocycles. The van der Waals surface area contributed by atoms with Gasteiger partial charge in [0, 0.05) is 14.3 Å². The Morgan fingerprint density at radius 3 is 2.43 bits per heavy atom. The topological polar surface area (TPSA) is 0 Å². The standard InChI is InChI=1S/C4H2ClIS/c5-3-1-7-2-4(3)6/h1-2H. The van der Waals surface area contributed by atoms with Crippen LogP contribution in [0.1, 0.15) is 0 Å². The highest BCUT2D eigenvalue weighted by molar-refractivity contribution is 14.1. The van der Waals surface area contributed by atoms with E-state index in [9.17, 15) is 0 Å². The van der Waals surface area contributed by atoms with Crippen LogP contribution in [0.4, 0.5) is 0 Å². The van der Waals surface area contributed by atoms with Gasteiger partial charge in [-0.05, 0) is 22.6 Å². The van der Waals surface area contributed by atoms with E-state index in [4.69, 9.17) is 11.6 Å². The van der Waals surface area contributed by atoms with E-state index < -0.39 is 0 Å². The van der Waals surface area contributed by atoms with Crippen molar-refractivity contribution in [2.75, 3.05) is 0 Å². The number of hydrogen-bond acceptors (Lipinski definition) is 1. The van der Waals surface area contributed by atoms with Crippen molar-refractivity contribution in [3.63, 3.8) is 0 Å². The average molecular weight is 244 g/mol. The summed E-state index contributed by atoms with van der Waals surface area (Å²) in [5.74, 6) is 0. The SMILES string of the molecule is Clc1cscc1I. The second-order valence-electron chi connectivity index (χ2n) is 1.07. The summed E-state index contributed by atoms with van der Waals surface area (Å²) in [5.41, 5.74) is 0. The second kappa shape index (κ2) is 2.33. The van der Waals surface area contributed by atoms with Crippen LogP contribution in [0.25, 0.3) is 0 Å². The first-order valence-corrected chi connectivity index (χ1v) is 4.08. The van der Waals surface area contributed by atoms with Crippen molar-refractivity contribution in [2.45, 2.75) is 0 Å². The normalized spacial score (nSPS) is 9.43. The van der Waals surface area contributed by atoms with Gasteiger partial charge in [0.2, 0.25) is 0 Å². The Morgan fingerprint density at radius 2 is 2.29 bits per heavy atom. The number of thiophene rings is 1. The maximum absolute atomic E-state index is 5.63. The Kier molecular flexibility index (Phi) is 1.94. The minimum atomic E-state index is 0.866. The summed E-state index contributed by atoms with van der Waals surface area (Å²) in [5, 5.41) is 4.80. The maximum Gasteiger partial charge on any atom is 0.0646 e. The van der Waals surface area contributed by atoms with Gasteiger partial charge < -0.3 is 0 Å². The quantitative estimate of drug-likeness (QED) is 0.616. The van der Waals surface area contributed by atoms with Crippen LogP contribution in [0.2, 0.25) is 5.02 Å². The molecule has 1 aromatic heterocycles.